The van der Waals surface area contributed by atoms with Gasteiger partial charge in [-0.3, -0.25) is 14.9 Å². The van der Waals surface area contributed by atoms with Gasteiger partial charge in [-0.05, 0) is 71.6 Å². The van der Waals surface area contributed by atoms with E-state index >= 15 is 0 Å². The van der Waals surface area contributed by atoms with Crippen molar-refractivity contribution in [1.29, 1.82) is 0 Å². The fourth-order valence-electron chi connectivity index (χ4n) is 3.32. The smallest absolute Gasteiger partial charge is 0.341 e. The Balaban J connectivity index is 1.86. The number of rotatable bonds is 9. The van der Waals surface area contributed by atoms with Crippen molar-refractivity contribution in [3.05, 3.63) is 73.1 Å². The lowest BCUT2D eigenvalue weighted by molar-refractivity contribution is -0.384. The third kappa shape index (κ3) is 5.81. The zero-order valence-electron chi connectivity index (χ0n) is 18.8. The van der Waals surface area contributed by atoms with Gasteiger partial charge in [0.15, 0.2) is 6.61 Å². The SMILES string of the molecule is CCOC(=O)c1c(NC(=O)COc2ccc(CC)cc2Br)sc(C)c1-c1ccc([N+](=O)[O-])cc1. The lowest BCUT2D eigenvalue weighted by Crippen LogP contribution is -2.21. The van der Waals surface area contributed by atoms with Crippen LogP contribution in [0.5, 0.6) is 5.75 Å². The molecule has 1 heterocycles. The molecule has 0 fully saturated rings. The highest BCUT2D eigenvalue weighted by Crippen LogP contribution is 2.41. The molecule has 8 nitrogen and oxygen atoms in total. The minimum absolute atomic E-state index is 0.0573. The monoisotopic (exact) mass is 546 g/mol. The molecule has 1 amide bonds. The molecule has 2 aromatic carbocycles. The molecular weight excluding hydrogens is 524 g/mol. The average molecular weight is 547 g/mol. The highest BCUT2D eigenvalue weighted by Gasteiger charge is 2.26. The quantitative estimate of drug-likeness (QED) is 0.196. The van der Waals surface area contributed by atoms with Gasteiger partial charge in [0.2, 0.25) is 0 Å². The molecule has 0 radical (unpaired) electrons. The molecule has 34 heavy (non-hydrogen) atoms. The van der Waals surface area contributed by atoms with Crippen LogP contribution in [0.15, 0.2) is 46.9 Å². The number of nitro benzene ring substituents is 1. The summed E-state index contributed by atoms with van der Waals surface area (Å²) in [7, 11) is 0. The van der Waals surface area contributed by atoms with Crippen LogP contribution in [-0.4, -0.2) is 30.0 Å². The van der Waals surface area contributed by atoms with Crippen molar-refractivity contribution in [3.8, 4) is 16.9 Å². The van der Waals surface area contributed by atoms with Gasteiger partial charge in [-0.25, -0.2) is 4.79 Å². The minimum atomic E-state index is -0.589. The van der Waals surface area contributed by atoms with Gasteiger partial charge < -0.3 is 14.8 Å². The van der Waals surface area contributed by atoms with Crippen LogP contribution in [0.1, 0.15) is 34.6 Å². The second kappa shape index (κ2) is 11.3. The van der Waals surface area contributed by atoms with Gasteiger partial charge in [0, 0.05) is 22.6 Å². The van der Waals surface area contributed by atoms with Crippen molar-refractivity contribution in [2.24, 2.45) is 0 Å². The molecule has 0 bridgehead atoms. The predicted molar refractivity (Wildman–Crippen MR) is 135 cm³/mol. The van der Waals surface area contributed by atoms with E-state index in [0.29, 0.717) is 21.9 Å². The highest BCUT2D eigenvalue weighted by atomic mass is 79.9. The Bertz CT molecular complexity index is 1220. The number of thiophene rings is 1. The first kappa shape index (κ1) is 25.4. The van der Waals surface area contributed by atoms with Gasteiger partial charge in [-0.15, -0.1) is 11.3 Å². The summed E-state index contributed by atoms with van der Waals surface area (Å²) in [6.45, 7) is 5.45. The van der Waals surface area contributed by atoms with Crippen LogP contribution in [0, 0.1) is 17.0 Å². The molecule has 0 saturated carbocycles. The maximum absolute atomic E-state index is 12.8. The number of benzene rings is 2. The van der Waals surface area contributed by atoms with E-state index in [2.05, 4.69) is 21.2 Å². The van der Waals surface area contributed by atoms with E-state index in [4.69, 9.17) is 9.47 Å². The van der Waals surface area contributed by atoms with Gasteiger partial charge in [0.1, 0.15) is 16.3 Å². The van der Waals surface area contributed by atoms with Crippen LogP contribution < -0.4 is 10.1 Å². The lowest BCUT2D eigenvalue weighted by atomic mass is 10.0. The number of halogens is 1. The number of amides is 1. The first-order valence-electron chi connectivity index (χ1n) is 10.5. The maximum atomic E-state index is 12.8. The van der Waals surface area contributed by atoms with E-state index in [-0.39, 0.29) is 24.5 Å². The number of nitrogens with one attached hydrogen (secondary N) is 1. The Morgan fingerprint density at radius 3 is 2.44 bits per heavy atom. The molecular formula is C24H23BrN2O6S. The number of carbonyl (C=O) groups is 2. The molecule has 10 heteroatoms. The standard InChI is InChI=1S/C24H23BrN2O6S/c1-4-15-6-11-19(18(25)12-15)33-13-20(28)26-23-22(24(29)32-5-2)21(14(3)34-23)16-7-9-17(10-8-16)27(30)31/h6-12H,4-5,13H2,1-3H3,(H,26,28). The summed E-state index contributed by atoms with van der Waals surface area (Å²) in [4.78, 5) is 36.7. The van der Waals surface area contributed by atoms with Crippen LogP contribution >= 0.6 is 27.3 Å². The topological polar surface area (TPSA) is 108 Å². The maximum Gasteiger partial charge on any atom is 0.341 e. The number of ether oxygens (including phenoxy) is 2. The van der Waals surface area contributed by atoms with Crippen molar-refractivity contribution < 1.29 is 24.0 Å². The zero-order chi connectivity index (χ0) is 24.8. The Morgan fingerprint density at radius 1 is 1.15 bits per heavy atom. The van der Waals surface area contributed by atoms with E-state index in [9.17, 15) is 19.7 Å². The van der Waals surface area contributed by atoms with Gasteiger partial charge in [-0.1, -0.05) is 13.0 Å². The second-order valence-electron chi connectivity index (χ2n) is 7.22. The molecule has 1 N–H and O–H groups in total. The van der Waals surface area contributed by atoms with Crippen LogP contribution in [0.3, 0.4) is 0 Å². The summed E-state index contributed by atoms with van der Waals surface area (Å²) in [5.74, 6) is -0.491. The molecule has 178 valence electrons. The number of carbonyl (C=O) groups excluding carboxylic acids is 2. The highest BCUT2D eigenvalue weighted by molar-refractivity contribution is 9.10. The fraction of sp³-hybridized carbons (Fsp3) is 0.250. The van der Waals surface area contributed by atoms with Crippen LogP contribution in [-0.2, 0) is 16.0 Å². The number of hydrogen-bond donors (Lipinski definition) is 1. The molecule has 0 unspecified atom stereocenters. The van der Waals surface area contributed by atoms with E-state index in [1.165, 1.54) is 23.5 Å². The molecule has 0 aliphatic heterocycles. The van der Waals surface area contributed by atoms with Gasteiger partial charge >= 0.3 is 5.97 Å². The van der Waals surface area contributed by atoms with Crippen LogP contribution in [0.4, 0.5) is 10.7 Å². The average Bonchev–Trinajstić information content (AvgIpc) is 3.13. The van der Waals surface area contributed by atoms with Crippen molar-refractivity contribution in [1.82, 2.24) is 0 Å². The van der Waals surface area contributed by atoms with Gasteiger partial charge in [0.25, 0.3) is 11.6 Å². The van der Waals surface area contributed by atoms with E-state index in [1.807, 2.05) is 26.0 Å². The Hall–Kier alpha value is -3.24. The van der Waals surface area contributed by atoms with Crippen LogP contribution in [0.2, 0.25) is 0 Å². The Morgan fingerprint density at radius 2 is 1.85 bits per heavy atom. The number of non-ortho nitro benzene ring substituents is 1. The normalized spacial score (nSPS) is 10.6. The van der Waals surface area contributed by atoms with E-state index < -0.39 is 16.8 Å². The first-order chi connectivity index (χ1) is 16.2. The van der Waals surface area contributed by atoms with Crippen molar-refractivity contribution >= 4 is 49.8 Å². The zero-order valence-corrected chi connectivity index (χ0v) is 21.2. The minimum Gasteiger partial charge on any atom is -0.483 e. The van der Waals surface area contributed by atoms with Crippen molar-refractivity contribution in [2.45, 2.75) is 27.2 Å². The molecule has 1 aromatic heterocycles. The number of esters is 1. The summed E-state index contributed by atoms with van der Waals surface area (Å²) < 4.78 is 11.6. The van der Waals surface area contributed by atoms with Gasteiger partial charge in [0.05, 0.1) is 16.0 Å². The summed E-state index contributed by atoms with van der Waals surface area (Å²) in [5, 5.41) is 14.1. The van der Waals surface area contributed by atoms with Gasteiger partial charge in [-0.2, -0.15) is 0 Å². The summed E-state index contributed by atoms with van der Waals surface area (Å²) in [6.07, 6.45) is 0.880. The third-order valence-electron chi connectivity index (χ3n) is 4.95. The lowest BCUT2D eigenvalue weighted by Gasteiger charge is -2.11. The van der Waals surface area contributed by atoms with Crippen molar-refractivity contribution in [2.75, 3.05) is 18.5 Å². The third-order valence-corrected chi connectivity index (χ3v) is 6.59. The summed E-state index contributed by atoms with van der Waals surface area (Å²) in [6, 6.07) is 11.5. The predicted octanol–water partition coefficient (Wildman–Crippen LogP) is 6.15. The fourth-order valence-corrected chi connectivity index (χ4v) is 4.94. The summed E-state index contributed by atoms with van der Waals surface area (Å²) >= 11 is 4.67. The molecule has 3 rings (SSSR count). The number of aryl methyl sites for hydroxylation is 2. The second-order valence-corrected chi connectivity index (χ2v) is 9.30. The Labute approximate surface area is 209 Å². The molecule has 0 aliphatic rings. The summed E-state index contributed by atoms with van der Waals surface area (Å²) in [5.41, 5.74) is 2.46. The molecule has 3 aromatic rings. The molecule has 0 spiro atoms. The van der Waals surface area contributed by atoms with Crippen molar-refractivity contribution in [3.63, 3.8) is 0 Å². The Kier molecular flexibility index (Phi) is 8.41. The number of hydrogen-bond acceptors (Lipinski definition) is 7. The molecule has 0 saturated heterocycles. The largest absolute Gasteiger partial charge is 0.483 e. The molecule has 0 aliphatic carbocycles. The van der Waals surface area contributed by atoms with E-state index in [1.54, 1.807) is 25.1 Å². The number of nitro groups is 1. The first-order valence-corrected chi connectivity index (χ1v) is 12.1. The van der Waals surface area contributed by atoms with E-state index in [0.717, 1.165) is 21.3 Å². The number of nitrogens with zero attached hydrogens (tertiary/aromatic N) is 1. The molecule has 0 atom stereocenters. The van der Waals surface area contributed by atoms with Crippen LogP contribution in [0.25, 0.3) is 11.1 Å². The number of anilines is 1.